The second kappa shape index (κ2) is 11.8. The standard InChI is InChI=1S/C46H31NO/c1-2-14-32(15-3-1)37-18-7-8-19-38(37)33-26-28-36(29-27-33)47(44-30-34-16-4-6-20-39(34)40-21-9-10-22-41(40)44)43-24-12-11-23-42(43)46-31-35-17-5-13-25-45(35)48-46/h1-31H. The maximum Gasteiger partial charge on any atom is 0.137 e. The number of hydrogen-bond donors (Lipinski definition) is 0. The summed E-state index contributed by atoms with van der Waals surface area (Å²) in [5.41, 5.74) is 9.96. The molecule has 0 aliphatic heterocycles. The Morgan fingerprint density at radius 2 is 0.917 bits per heavy atom. The summed E-state index contributed by atoms with van der Waals surface area (Å²) in [7, 11) is 0. The molecule has 0 spiro atoms. The lowest BCUT2D eigenvalue weighted by molar-refractivity contribution is 0.631. The van der Waals surface area contributed by atoms with Crippen molar-refractivity contribution < 1.29 is 4.42 Å². The summed E-state index contributed by atoms with van der Waals surface area (Å²) in [6.45, 7) is 0. The fraction of sp³-hybridized carbons (Fsp3) is 0. The van der Waals surface area contributed by atoms with Gasteiger partial charge in [-0.1, -0.05) is 146 Å². The largest absolute Gasteiger partial charge is 0.456 e. The molecule has 0 amide bonds. The third kappa shape index (κ3) is 4.83. The SMILES string of the molecule is c1ccc(-c2ccccc2-c2ccc(N(c3ccccc3-c3cc4ccccc4o3)c3cc4ccccc4c4ccccc34)cc2)cc1. The summed E-state index contributed by atoms with van der Waals surface area (Å²) in [5, 5.41) is 5.95. The molecule has 1 aromatic heterocycles. The Balaban J connectivity index is 1.27. The van der Waals surface area contributed by atoms with Gasteiger partial charge in [0.05, 0.1) is 11.4 Å². The molecule has 9 rings (SSSR count). The van der Waals surface area contributed by atoms with Crippen LogP contribution in [0.25, 0.3) is 66.1 Å². The van der Waals surface area contributed by atoms with E-state index in [1.54, 1.807) is 0 Å². The molecule has 0 saturated carbocycles. The molecule has 0 saturated heterocycles. The summed E-state index contributed by atoms with van der Waals surface area (Å²) in [6.07, 6.45) is 0. The van der Waals surface area contributed by atoms with E-state index in [4.69, 9.17) is 4.42 Å². The molecule has 0 radical (unpaired) electrons. The van der Waals surface area contributed by atoms with Gasteiger partial charge in [0, 0.05) is 22.0 Å². The highest BCUT2D eigenvalue weighted by Crippen LogP contribution is 2.46. The second-order valence-corrected chi connectivity index (χ2v) is 12.1. The molecule has 9 aromatic rings. The van der Waals surface area contributed by atoms with Crippen LogP contribution in [0, 0.1) is 0 Å². The molecule has 2 heteroatoms. The van der Waals surface area contributed by atoms with Crippen LogP contribution in [-0.4, -0.2) is 0 Å². The Labute approximate surface area is 279 Å². The summed E-state index contributed by atoms with van der Waals surface area (Å²) in [6, 6.07) is 66.9. The third-order valence-corrected chi connectivity index (χ3v) is 9.27. The van der Waals surface area contributed by atoms with Crippen molar-refractivity contribution in [2.45, 2.75) is 0 Å². The average molecular weight is 614 g/mol. The minimum atomic E-state index is 0.843. The fourth-order valence-electron chi connectivity index (χ4n) is 7.01. The Hall–Kier alpha value is -6.38. The first-order valence-corrected chi connectivity index (χ1v) is 16.4. The first-order valence-electron chi connectivity index (χ1n) is 16.4. The predicted octanol–water partition coefficient (Wildman–Crippen LogP) is 13.2. The van der Waals surface area contributed by atoms with E-state index in [2.05, 4.69) is 181 Å². The zero-order valence-electron chi connectivity index (χ0n) is 26.3. The van der Waals surface area contributed by atoms with E-state index in [0.717, 1.165) is 39.4 Å². The molecule has 0 atom stereocenters. The summed E-state index contributed by atoms with van der Waals surface area (Å²) in [5.74, 6) is 0.843. The van der Waals surface area contributed by atoms with E-state index < -0.39 is 0 Å². The van der Waals surface area contributed by atoms with Crippen LogP contribution in [0.5, 0.6) is 0 Å². The number of fused-ring (bicyclic) bond motifs is 4. The normalized spacial score (nSPS) is 11.3. The van der Waals surface area contributed by atoms with Crippen molar-refractivity contribution in [3.05, 3.63) is 188 Å². The third-order valence-electron chi connectivity index (χ3n) is 9.27. The van der Waals surface area contributed by atoms with E-state index in [0.29, 0.717) is 0 Å². The van der Waals surface area contributed by atoms with Crippen LogP contribution in [0.15, 0.2) is 192 Å². The van der Waals surface area contributed by atoms with E-state index in [9.17, 15) is 0 Å². The Kier molecular flexibility index (Phi) is 6.84. The van der Waals surface area contributed by atoms with Gasteiger partial charge in [-0.15, -0.1) is 0 Å². The Morgan fingerprint density at radius 1 is 0.354 bits per heavy atom. The number of para-hydroxylation sites is 2. The molecule has 0 aliphatic rings. The van der Waals surface area contributed by atoms with Gasteiger partial charge in [0.2, 0.25) is 0 Å². The van der Waals surface area contributed by atoms with Crippen molar-refractivity contribution in [2.24, 2.45) is 0 Å². The second-order valence-electron chi connectivity index (χ2n) is 12.1. The average Bonchev–Trinajstić information content (AvgIpc) is 3.60. The number of anilines is 3. The summed E-state index contributed by atoms with van der Waals surface area (Å²) in [4.78, 5) is 2.39. The van der Waals surface area contributed by atoms with Crippen LogP contribution in [0.3, 0.4) is 0 Å². The van der Waals surface area contributed by atoms with E-state index >= 15 is 0 Å². The molecule has 48 heavy (non-hydrogen) atoms. The quantitative estimate of drug-likeness (QED) is 0.174. The van der Waals surface area contributed by atoms with Gasteiger partial charge in [-0.3, -0.25) is 0 Å². The molecule has 0 unspecified atom stereocenters. The minimum Gasteiger partial charge on any atom is -0.456 e. The molecular formula is C46H31NO. The summed E-state index contributed by atoms with van der Waals surface area (Å²) >= 11 is 0. The molecule has 8 aromatic carbocycles. The smallest absolute Gasteiger partial charge is 0.137 e. The number of hydrogen-bond acceptors (Lipinski definition) is 2. The van der Waals surface area contributed by atoms with Crippen LogP contribution in [0.4, 0.5) is 17.1 Å². The van der Waals surface area contributed by atoms with Crippen molar-refractivity contribution in [1.29, 1.82) is 0 Å². The molecule has 1 heterocycles. The van der Waals surface area contributed by atoms with Gasteiger partial charge in [-0.2, -0.15) is 0 Å². The van der Waals surface area contributed by atoms with Crippen molar-refractivity contribution in [2.75, 3.05) is 4.90 Å². The van der Waals surface area contributed by atoms with Crippen molar-refractivity contribution in [3.63, 3.8) is 0 Å². The topological polar surface area (TPSA) is 16.4 Å². The van der Waals surface area contributed by atoms with Crippen molar-refractivity contribution in [1.82, 2.24) is 0 Å². The monoisotopic (exact) mass is 613 g/mol. The predicted molar refractivity (Wildman–Crippen MR) is 202 cm³/mol. The van der Waals surface area contributed by atoms with Crippen LogP contribution in [-0.2, 0) is 0 Å². The number of nitrogens with zero attached hydrogens (tertiary/aromatic N) is 1. The van der Waals surface area contributed by atoms with Crippen LogP contribution in [0.2, 0.25) is 0 Å². The van der Waals surface area contributed by atoms with Gasteiger partial charge in [-0.25, -0.2) is 0 Å². The van der Waals surface area contributed by atoms with E-state index in [-0.39, 0.29) is 0 Å². The lowest BCUT2D eigenvalue weighted by Gasteiger charge is -2.29. The fourth-order valence-corrected chi connectivity index (χ4v) is 7.01. The zero-order valence-corrected chi connectivity index (χ0v) is 26.3. The Morgan fingerprint density at radius 3 is 1.67 bits per heavy atom. The van der Waals surface area contributed by atoms with E-state index in [1.165, 1.54) is 43.8 Å². The molecular weight excluding hydrogens is 583 g/mol. The maximum atomic E-state index is 6.48. The highest BCUT2D eigenvalue weighted by Gasteiger charge is 2.22. The highest BCUT2D eigenvalue weighted by molar-refractivity contribution is 6.15. The van der Waals surface area contributed by atoms with Crippen molar-refractivity contribution in [3.8, 4) is 33.6 Å². The van der Waals surface area contributed by atoms with Crippen LogP contribution >= 0.6 is 0 Å². The molecule has 0 N–H and O–H groups in total. The molecule has 2 nitrogen and oxygen atoms in total. The molecule has 0 bridgehead atoms. The number of benzene rings is 8. The van der Waals surface area contributed by atoms with Crippen molar-refractivity contribution >= 4 is 49.6 Å². The molecule has 226 valence electrons. The minimum absolute atomic E-state index is 0.843. The number of furan rings is 1. The molecule has 0 fully saturated rings. The first kappa shape index (κ1) is 27.9. The van der Waals surface area contributed by atoms with Gasteiger partial charge in [0.1, 0.15) is 11.3 Å². The van der Waals surface area contributed by atoms with Gasteiger partial charge < -0.3 is 9.32 Å². The van der Waals surface area contributed by atoms with Gasteiger partial charge in [-0.05, 0) is 80.9 Å². The lowest BCUT2D eigenvalue weighted by atomic mass is 9.94. The highest BCUT2D eigenvalue weighted by atomic mass is 16.3. The number of rotatable bonds is 6. The van der Waals surface area contributed by atoms with Crippen LogP contribution < -0.4 is 4.90 Å². The lowest BCUT2D eigenvalue weighted by Crippen LogP contribution is -2.12. The van der Waals surface area contributed by atoms with E-state index in [1.807, 2.05) is 12.1 Å². The maximum absolute atomic E-state index is 6.48. The zero-order chi connectivity index (χ0) is 31.9. The first-order chi connectivity index (χ1) is 23.8. The summed E-state index contributed by atoms with van der Waals surface area (Å²) < 4.78 is 6.48. The molecule has 0 aliphatic carbocycles. The van der Waals surface area contributed by atoms with Gasteiger partial charge >= 0.3 is 0 Å². The van der Waals surface area contributed by atoms with Crippen LogP contribution in [0.1, 0.15) is 0 Å². The van der Waals surface area contributed by atoms with Gasteiger partial charge in [0.25, 0.3) is 0 Å². The Bertz CT molecular complexity index is 2530. The van der Waals surface area contributed by atoms with Gasteiger partial charge in [0.15, 0.2) is 0 Å².